The van der Waals surface area contributed by atoms with Gasteiger partial charge in [-0.3, -0.25) is 4.79 Å². The van der Waals surface area contributed by atoms with Crippen LogP contribution in [0.2, 0.25) is 0 Å². The molecule has 1 unspecified atom stereocenters. The molecule has 1 heterocycles. The van der Waals surface area contributed by atoms with Gasteiger partial charge in [0.15, 0.2) is 11.6 Å². The van der Waals surface area contributed by atoms with Crippen LogP contribution in [-0.2, 0) is 18.3 Å². The van der Waals surface area contributed by atoms with E-state index in [1.54, 1.807) is 7.05 Å². The smallest absolute Gasteiger partial charge is 0.182 e. The van der Waals surface area contributed by atoms with E-state index in [0.717, 1.165) is 0 Å². The van der Waals surface area contributed by atoms with Crippen LogP contribution in [0.25, 0.3) is 0 Å². The van der Waals surface area contributed by atoms with Crippen LogP contribution >= 0.6 is 0 Å². The van der Waals surface area contributed by atoms with Gasteiger partial charge in [0.25, 0.3) is 0 Å². The van der Waals surface area contributed by atoms with E-state index in [0.29, 0.717) is 12.2 Å². The Morgan fingerprint density at radius 3 is 2.85 bits per heavy atom. The van der Waals surface area contributed by atoms with Gasteiger partial charge < -0.3 is 5.73 Å². The van der Waals surface area contributed by atoms with E-state index in [9.17, 15) is 4.79 Å². The van der Waals surface area contributed by atoms with Crippen molar-refractivity contribution in [2.45, 2.75) is 25.8 Å². The summed E-state index contributed by atoms with van der Waals surface area (Å²) >= 11 is 0. The van der Waals surface area contributed by atoms with Crippen molar-refractivity contribution in [3.63, 3.8) is 0 Å². The summed E-state index contributed by atoms with van der Waals surface area (Å²) in [6.45, 7) is 1.87. The van der Waals surface area contributed by atoms with E-state index in [1.807, 2.05) is 6.92 Å². The number of hydrogen-bond acceptors (Lipinski definition) is 5. The lowest BCUT2D eigenvalue weighted by atomic mass is 10.1. The number of carbonyl (C=O) groups is 1. The summed E-state index contributed by atoms with van der Waals surface area (Å²) in [6, 6.07) is -0.413. The molecule has 6 heteroatoms. The Kier molecular flexibility index (Phi) is 3.07. The highest BCUT2D eigenvalue weighted by Crippen LogP contribution is 1.95. The monoisotopic (exact) mass is 183 g/mol. The van der Waals surface area contributed by atoms with E-state index in [1.165, 1.54) is 4.80 Å². The Morgan fingerprint density at radius 1 is 1.69 bits per heavy atom. The lowest BCUT2D eigenvalue weighted by Crippen LogP contribution is -2.31. The minimum Gasteiger partial charge on any atom is -0.322 e. The first-order valence-electron chi connectivity index (χ1n) is 4.14. The van der Waals surface area contributed by atoms with Crippen molar-refractivity contribution in [3.05, 3.63) is 5.82 Å². The molecule has 72 valence electrons. The average Bonchev–Trinajstić information content (AvgIpc) is 2.49. The third-order valence-corrected chi connectivity index (χ3v) is 1.74. The van der Waals surface area contributed by atoms with Gasteiger partial charge in [-0.2, -0.15) is 4.80 Å². The van der Waals surface area contributed by atoms with E-state index >= 15 is 0 Å². The highest BCUT2D eigenvalue weighted by Gasteiger charge is 2.14. The molecule has 0 aliphatic rings. The minimum atomic E-state index is -0.413. The molecule has 1 rings (SSSR count). The number of nitrogens with zero attached hydrogens (tertiary/aromatic N) is 4. The van der Waals surface area contributed by atoms with Crippen LogP contribution in [0, 0.1) is 0 Å². The number of aromatic nitrogens is 4. The second-order valence-electron chi connectivity index (χ2n) is 2.85. The third kappa shape index (κ3) is 2.59. The molecule has 0 aliphatic heterocycles. The van der Waals surface area contributed by atoms with Gasteiger partial charge in [-0.15, -0.1) is 10.2 Å². The predicted molar refractivity (Wildman–Crippen MR) is 45.8 cm³/mol. The zero-order valence-electron chi connectivity index (χ0n) is 7.77. The fourth-order valence-corrected chi connectivity index (χ4v) is 0.909. The van der Waals surface area contributed by atoms with Crippen LogP contribution in [0.15, 0.2) is 0 Å². The standard InChI is InChI=1S/C7H13N5O/c1-3-5(8)6(13)4-7-9-11-12(2)10-7/h5H,3-4,8H2,1-2H3. The second kappa shape index (κ2) is 4.08. The molecular weight excluding hydrogens is 170 g/mol. The number of ketones is 1. The third-order valence-electron chi connectivity index (χ3n) is 1.74. The van der Waals surface area contributed by atoms with Crippen molar-refractivity contribution in [3.8, 4) is 0 Å². The fourth-order valence-electron chi connectivity index (χ4n) is 0.909. The molecule has 0 saturated heterocycles. The molecule has 0 aromatic carbocycles. The molecule has 0 saturated carbocycles. The average molecular weight is 183 g/mol. The SMILES string of the molecule is CCC(N)C(=O)Cc1nnn(C)n1. The maximum absolute atomic E-state index is 11.3. The van der Waals surface area contributed by atoms with Crippen LogP contribution < -0.4 is 5.73 Å². The number of Topliss-reactive ketones (excluding diaryl/α,β-unsaturated/α-hetero) is 1. The van der Waals surface area contributed by atoms with Gasteiger partial charge in [-0.05, 0) is 11.6 Å². The van der Waals surface area contributed by atoms with E-state index in [-0.39, 0.29) is 12.2 Å². The topological polar surface area (TPSA) is 86.7 Å². The maximum atomic E-state index is 11.3. The largest absolute Gasteiger partial charge is 0.322 e. The lowest BCUT2D eigenvalue weighted by Gasteiger charge is -2.03. The predicted octanol–water partition coefficient (Wildman–Crippen LogP) is -0.941. The fraction of sp³-hybridized carbons (Fsp3) is 0.714. The molecule has 0 spiro atoms. The van der Waals surface area contributed by atoms with Gasteiger partial charge in [0.2, 0.25) is 0 Å². The summed E-state index contributed by atoms with van der Waals surface area (Å²) in [7, 11) is 1.65. The quantitative estimate of drug-likeness (QED) is 0.651. The normalized spacial score (nSPS) is 12.8. The minimum absolute atomic E-state index is 0.0458. The molecular formula is C7H13N5O. The first-order valence-corrected chi connectivity index (χ1v) is 4.14. The van der Waals surface area contributed by atoms with Crippen LogP contribution in [-0.4, -0.2) is 32.0 Å². The molecule has 6 nitrogen and oxygen atoms in total. The Bertz CT molecular complexity index is 295. The van der Waals surface area contributed by atoms with Gasteiger partial charge in [0.05, 0.1) is 19.5 Å². The number of tetrazole rings is 1. The summed E-state index contributed by atoms with van der Waals surface area (Å²) in [5.74, 6) is 0.381. The number of nitrogens with two attached hydrogens (primary N) is 1. The van der Waals surface area contributed by atoms with Crippen LogP contribution in [0.4, 0.5) is 0 Å². The van der Waals surface area contributed by atoms with Gasteiger partial charge >= 0.3 is 0 Å². The second-order valence-corrected chi connectivity index (χ2v) is 2.85. The number of carbonyl (C=O) groups excluding carboxylic acids is 1. The van der Waals surface area contributed by atoms with Gasteiger partial charge in [-0.1, -0.05) is 6.92 Å². The Hall–Kier alpha value is -1.30. The van der Waals surface area contributed by atoms with Gasteiger partial charge in [0.1, 0.15) is 0 Å². The van der Waals surface area contributed by atoms with Crippen LogP contribution in [0.3, 0.4) is 0 Å². The molecule has 0 aliphatic carbocycles. The van der Waals surface area contributed by atoms with Gasteiger partial charge in [0, 0.05) is 0 Å². The van der Waals surface area contributed by atoms with E-state index in [2.05, 4.69) is 15.4 Å². The highest BCUT2D eigenvalue weighted by atomic mass is 16.1. The summed E-state index contributed by atoms with van der Waals surface area (Å²) in [6.07, 6.45) is 0.807. The van der Waals surface area contributed by atoms with E-state index < -0.39 is 6.04 Å². The first kappa shape index (κ1) is 9.79. The zero-order valence-corrected chi connectivity index (χ0v) is 7.77. The molecule has 0 radical (unpaired) electrons. The summed E-state index contributed by atoms with van der Waals surface area (Å²) in [5.41, 5.74) is 5.54. The first-order chi connectivity index (χ1) is 6.13. The van der Waals surface area contributed by atoms with Crippen molar-refractivity contribution in [1.82, 2.24) is 20.2 Å². The summed E-state index contributed by atoms with van der Waals surface area (Å²) < 4.78 is 0. The molecule has 2 N–H and O–H groups in total. The Morgan fingerprint density at radius 2 is 2.38 bits per heavy atom. The molecule has 13 heavy (non-hydrogen) atoms. The van der Waals surface area contributed by atoms with Crippen molar-refractivity contribution in [1.29, 1.82) is 0 Å². The number of aryl methyl sites for hydroxylation is 1. The molecule has 0 fully saturated rings. The number of hydrogen-bond donors (Lipinski definition) is 1. The molecule has 1 aromatic rings. The summed E-state index contributed by atoms with van der Waals surface area (Å²) in [5, 5.41) is 11.2. The molecule has 0 bridgehead atoms. The van der Waals surface area contributed by atoms with Gasteiger partial charge in [-0.25, -0.2) is 0 Å². The van der Waals surface area contributed by atoms with Crippen LogP contribution in [0.5, 0.6) is 0 Å². The summed E-state index contributed by atoms with van der Waals surface area (Å²) in [4.78, 5) is 12.6. The lowest BCUT2D eigenvalue weighted by molar-refractivity contribution is -0.119. The Balaban J connectivity index is 2.54. The molecule has 1 aromatic heterocycles. The van der Waals surface area contributed by atoms with Crippen molar-refractivity contribution < 1.29 is 4.79 Å². The van der Waals surface area contributed by atoms with Crippen molar-refractivity contribution in [2.24, 2.45) is 12.8 Å². The maximum Gasteiger partial charge on any atom is 0.182 e. The van der Waals surface area contributed by atoms with Crippen molar-refractivity contribution >= 4 is 5.78 Å². The zero-order chi connectivity index (χ0) is 9.84. The van der Waals surface area contributed by atoms with Crippen LogP contribution in [0.1, 0.15) is 19.2 Å². The molecule has 1 atom stereocenters. The van der Waals surface area contributed by atoms with Crippen molar-refractivity contribution in [2.75, 3.05) is 0 Å². The highest BCUT2D eigenvalue weighted by molar-refractivity contribution is 5.85. The van der Waals surface area contributed by atoms with E-state index in [4.69, 9.17) is 5.73 Å². The Labute approximate surface area is 76.1 Å². The number of rotatable bonds is 4. The molecule has 0 amide bonds.